The summed E-state index contributed by atoms with van der Waals surface area (Å²) >= 11 is 0. The van der Waals surface area contributed by atoms with Crippen molar-refractivity contribution in [1.29, 1.82) is 0 Å². The predicted molar refractivity (Wildman–Crippen MR) is 70.2 cm³/mol. The molecule has 1 saturated heterocycles. The lowest BCUT2D eigenvalue weighted by atomic mass is 9.91. The quantitative estimate of drug-likeness (QED) is 0.886. The first-order chi connectivity index (χ1) is 8.50. The largest absolute Gasteiger partial charge is 0.493 e. The van der Waals surface area contributed by atoms with Crippen LogP contribution in [0.15, 0.2) is 18.2 Å². The lowest BCUT2D eigenvalue weighted by Crippen LogP contribution is -2.29. The van der Waals surface area contributed by atoms with Crippen LogP contribution in [-0.2, 0) is 5.60 Å². The standard InChI is InChI=1S/C14H21NO3/c1-10-8-14(16,9-15(10)2)11-5-6-12(17-3)13(7-11)18-4/h5-7,10,16H,8-9H2,1-4H3. The summed E-state index contributed by atoms with van der Waals surface area (Å²) < 4.78 is 10.5. The molecule has 0 aliphatic carbocycles. The van der Waals surface area contributed by atoms with E-state index < -0.39 is 5.60 Å². The third-order valence-corrected chi connectivity index (χ3v) is 3.82. The Bertz CT molecular complexity index is 423. The van der Waals surface area contributed by atoms with Crippen LogP contribution in [0.3, 0.4) is 0 Å². The highest BCUT2D eigenvalue weighted by Gasteiger charge is 2.40. The molecule has 100 valence electrons. The molecule has 2 unspecified atom stereocenters. The van der Waals surface area contributed by atoms with Crippen LogP contribution in [0.25, 0.3) is 0 Å². The Morgan fingerprint density at radius 1 is 1.28 bits per heavy atom. The Labute approximate surface area is 108 Å². The molecule has 1 aliphatic heterocycles. The molecule has 1 N–H and O–H groups in total. The molecule has 0 bridgehead atoms. The Morgan fingerprint density at radius 3 is 2.44 bits per heavy atom. The molecule has 4 nitrogen and oxygen atoms in total. The summed E-state index contributed by atoms with van der Waals surface area (Å²) in [7, 11) is 5.25. The summed E-state index contributed by atoms with van der Waals surface area (Å²) in [5.41, 5.74) is 0.0876. The molecule has 1 heterocycles. The second-order valence-corrected chi connectivity index (χ2v) is 5.07. The normalized spacial score (nSPS) is 28.4. The van der Waals surface area contributed by atoms with Gasteiger partial charge in [0.1, 0.15) is 5.60 Å². The summed E-state index contributed by atoms with van der Waals surface area (Å²) in [5, 5.41) is 10.7. The number of likely N-dealkylation sites (N-methyl/N-ethyl adjacent to an activating group) is 1. The van der Waals surface area contributed by atoms with Crippen molar-refractivity contribution in [2.45, 2.75) is 25.0 Å². The lowest BCUT2D eigenvalue weighted by Gasteiger charge is -2.24. The van der Waals surface area contributed by atoms with Crippen LogP contribution in [0, 0.1) is 0 Å². The molecule has 1 aliphatic rings. The van der Waals surface area contributed by atoms with Gasteiger partial charge in [-0.2, -0.15) is 0 Å². The molecule has 2 rings (SSSR count). The minimum atomic E-state index is -0.798. The molecule has 1 fully saturated rings. The zero-order chi connectivity index (χ0) is 13.3. The van der Waals surface area contributed by atoms with Gasteiger partial charge >= 0.3 is 0 Å². The number of likely N-dealkylation sites (tertiary alicyclic amines) is 1. The van der Waals surface area contributed by atoms with Gasteiger partial charge in [-0.25, -0.2) is 0 Å². The van der Waals surface area contributed by atoms with Gasteiger partial charge < -0.3 is 19.5 Å². The number of rotatable bonds is 3. The zero-order valence-electron chi connectivity index (χ0n) is 11.4. The number of hydrogen-bond acceptors (Lipinski definition) is 4. The van der Waals surface area contributed by atoms with E-state index >= 15 is 0 Å². The van der Waals surface area contributed by atoms with Crippen molar-refractivity contribution in [3.63, 3.8) is 0 Å². The van der Waals surface area contributed by atoms with Gasteiger partial charge in [0.05, 0.1) is 14.2 Å². The van der Waals surface area contributed by atoms with E-state index in [0.29, 0.717) is 24.1 Å². The summed E-state index contributed by atoms with van der Waals surface area (Å²) in [5.74, 6) is 1.34. The topological polar surface area (TPSA) is 41.9 Å². The molecule has 18 heavy (non-hydrogen) atoms. The summed E-state index contributed by atoms with van der Waals surface area (Å²) in [4.78, 5) is 2.16. The maximum absolute atomic E-state index is 10.7. The third-order valence-electron chi connectivity index (χ3n) is 3.82. The smallest absolute Gasteiger partial charge is 0.161 e. The highest BCUT2D eigenvalue weighted by atomic mass is 16.5. The van der Waals surface area contributed by atoms with E-state index in [0.717, 1.165) is 12.0 Å². The van der Waals surface area contributed by atoms with Gasteiger partial charge in [0.2, 0.25) is 0 Å². The fourth-order valence-electron chi connectivity index (χ4n) is 2.61. The van der Waals surface area contributed by atoms with Crippen molar-refractivity contribution in [2.75, 3.05) is 27.8 Å². The minimum absolute atomic E-state index is 0.378. The van der Waals surface area contributed by atoms with E-state index in [2.05, 4.69) is 11.8 Å². The number of ether oxygens (including phenoxy) is 2. The molecule has 0 radical (unpaired) electrons. The van der Waals surface area contributed by atoms with E-state index in [-0.39, 0.29) is 0 Å². The highest BCUT2D eigenvalue weighted by molar-refractivity contribution is 5.45. The maximum atomic E-state index is 10.7. The van der Waals surface area contributed by atoms with Crippen molar-refractivity contribution in [3.8, 4) is 11.5 Å². The van der Waals surface area contributed by atoms with Crippen molar-refractivity contribution in [2.24, 2.45) is 0 Å². The summed E-state index contributed by atoms with van der Waals surface area (Å²) in [6, 6.07) is 6.00. The Morgan fingerprint density at radius 2 is 1.94 bits per heavy atom. The van der Waals surface area contributed by atoms with E-state index in [9.17, 15) is 5.11 Å². The van der Waals surface area contributed by atoms with Crippen LogP contribution in [0.4, 0.5) is 0 Å². The number of nitrogens with zero attached hydrogens (tertiary/aromatic N) is 1. The van der Waals surface area contributed by atoms with Crippen LogP contribution in [0.2, 0.25) is 0 Å². The molecule has 0 aromatic heterocycles. The van der Waals surface area contributed by atoms with Crippen LogP contribution in [0.5, 0.6) is 11.5 Å². The van der Waals surface area contributed by atoms with Gasteiger partial charge in [0.25, 0.3) is 0 Å². The third kappa shape index (κ3) is 2.18. The number of benzene rings is 1. The van der Waals surface area contributed by atoms with Crippen LogP contribution >= 0.6 is 0 Å². The molecule has 0 amide bonds. The van der Waals surface area contributed by atoms with Gasteiger partial charge in [-0.05, 0) is 38.1 Å². The molecule has 1 aromatic rings. The fourth-order valence-corrected chi connectivity index (χ4v) is 2.61. The van der Waals surface area contributed by atoms with Crippen molar-refractivity contribution in [3.05, 3.63) is 23.8 Å². The molecular formula is C14H21NO3. The Balaban J connectivity index is 2.34. The maximum Gasteiger partial charge on any atom is 0.161 e. The molecule has 2 atom stereocenters. The van der Waals surface area contributed by atoms with Crippen molar-refractivity contribution < 1.29 is 14.6 Å². The van der Waals surface area contributed by atoms with Gasteiger partial charge in [-0.3, -0.25) is 0 Å². The van der Waals surface area contributed by atoms with Crippen LogP contribution < -0.4 is 9.47 Å². The second kappa shape index (κ2) is 4.78. The zero-order valence-corrected chi connectivity index (χ0v) is 11.4. The van der Waals surface area contributed by atoms with Gasteiger partial charge in [-0.15, -0.1) is 0 Å². The lowest BCUT2D eigenvalue weighted by molar-refractivity contribution is 0.0483. The first kappa shape index (κ1) is 13.2. The first-order valence-corrected chi connectivity index (χ1v) is 6.15. The highest BCUT2D eigenvalue weighted by Crippen LogP contribution is 2.38. The molecule has 0 saturated carbocycles. The van der Waals surface area contributed by atoms with E-state index in [4.69, 9.17) is 9.47 Å². The number of β-amino-alcohol motifs (C(OH)–C–C–N with tert-alkyl or cyclic N) is 1. The van der Waals surface area contributed by atoms with Crippen molar-refractivity contribution in [1.82, 2.24) is 4.90 Å². The Hall–Kier alpha value is -1.26. The Kier molecular flexibility index (Phi) is 3.50. The minimum Gasteiger partial charge on any atom is -0.493 e. The summed E-state index contributed by atoms with van der Waals surface area (Å²) in [6.45, 7) is 2.77. The van der Waals surface area contributed by atoms with E-state index in [1.165, 1.54) is 0 Å². The predicted octanol–water partition coefficient (Wildman–Crippen LogP) is 1.62. The monoisotopic (exact) mass is 251 g/mol. The molecule has 4 heteroatoms. The number of aliphatic hydroxyl groups is 1. The van der Waals surface area contributed by atoms with Gasteiger partial charge in [0, 0.05) is 12.6 Å². The summed E-state index contributed by atoms with van der Waals surface area (Å²) in [6.07, 6.45) is 0.735. The van der Waals surface area contributed by atoms with Gasteiger partial charge in [-0.1, -0.05) is 6.07 Å². The average Bonchev–Trinajstić information content (AvgIpc) is 2.63. The average molecular weight is 251 g/mol. The van der Waals surface area contributed by atoms with E-state index in [1.807, 2.05) is 25.2 Å². The van der Waals surface area contributed by atoms with E-state index in [1.54, 1.807) is 14.2 Å². The first-order valence-electron chi connectivity index (χ1n) is 6.15. The van der Waals surface area contributed by atoms with Crippen LogP contribution in [-0.4, -0.2) is 43.9 Å². The second-order valence-electron chi connectivity index (χ2n) is 5.07. The number of methoxy groups -OCH3 is 2. The van der Waals surface area contributed by atoms with Gasteiger partial charge in [0.15, 0.2) is 11.5 Å². The fraction of sp³-hybridized carbons (Fsp3) is 0.571. The SMILES string of the molecule is COc1ccc(C2(O)CC(C)N(C)C2)cc1OC. The number of hydrogen-bond donors (Lipinski definition) is 1. The van der Waals surface area contributed by atoms with Crippen LogP contribution in [0.1, 0.15) is 18.9 Å². The van der Waals surface area contributed by atoms with Crippen molar-refractivity contribution >= 4 is 0 Å². The molecular weight excluding hydrogens is 230 g/mol. The molecule has 1 aromatic carbocycles. The molecule has 0 spiro atoms.